The Morgan fingerprint density at radius 3 is 2.17 bits per heavy atom. The number of amides is 1. The highest BCUT2D eigenvalue weighted by atomic mass is 16.6. The third-order valence-electron chi connectivity index (χ3n) is 4.72. The second kappa shape index (κ2) is 4.98. The predicted octanol–water partition coefficient (Wildman–Crippen LogP) is 4.80. The van der Waals surface area contributed by atoms with Gasteiger partial charge in [-0.05, 0) is 33.2 Å². The SMILES string of the molecule is CC1(C)COC(=O)N[C@@H]1c1c2ccccc2cc2ccccc12. The zero-order chi connectivity index (χ0) is 16.0. The molecule has 0 aromatic heterocycles. The fourth-order valence-electron chi connectivity index (χ4n) is 3.51. The second-order valence-corrected chi connectivity index (χ2v) is 6.87. The van der Waals surface area contributed by atoms with E-state index in [9.17, 15) is 4.79 Å². The number of fused-ring (bicyclic) bond motifs is 2. The Balaban J connectivity index is 2.08. The van der Waals surface area contributed by atoms with Crippen molar-refractivity contribution in [1.29, 1.82) is 0 Å². The average Bonchev–Trinajstić information content (AvgIpc) is 2.55. The Hall–Kier alpha value is -2.55. The number of rotatable bonds is 1. The van der Waals surface area contributed by atoms with E-state index < -0.39 is 0 Å². The van der Waals surface area contributed by atoms with E-state index in [0.717, 1.165) is 0 Å². The molecule has 1 saturated heterocycles. The molecule has 1 heterocycles. The van der Waals surface area contributed by atoms with Crippen molar-refractivity contribution in [1.82, 2.24) is 5.32 Å². The van der Waals surface area contributed by atoms with E-state index in [2.05, 4.69) is 73.8 Å². The van der Waals surface area contributed by atoms with Crippen molar-refractivity contribution in [2.45, 2.75) is 19.9 Å². The van der Waals surface area contributed by atoms with E-state index in [-0.39, 0.29) is 17.6 Å². The van der Waals surface area contributed by atoms with Gasteiger partial charge in [0.05, 0.1) is 6.04 Å². The Morgan fingerprint density at radius 2 is 1.57 bits per heavy atom. The van der Waals surface area contributed by atoms with Gasteiger partial charge in [0, 0.05) is 5.41 Å². The fraction of sp³-hybridized carbons (Fsp3) is 0.250. The molecule has 0 spiro atoms. The predicted molar refractivity (Wildman–Crippen MR) is 92.5 cm³/mol. The first-order chi connectivity index (χ1) is 11.1. The number of carbonyl (C=O) groups excluding carboxylic acids is 1. The summed E-state index contributed by atoms with van der Waals surface area (Å²) in [6.07, 6.45) is -0.341. The van der Waals surface area contributed by atoms with Crippen LogP contribution >= 0.6 is 0 Å². The normalized spacial score (nSPS) is 20.3. The molecule has 0 aliphatic carbocycles. The van der Waals surface area contributed by atoms with Crippen molar-refractivity contribution in [3.63, 3.8) is 0 Å². The van der Waals surface area contributed by atoms with E-state index >= 15 is 0 Å². The minimum Gasteiger partial charge on any atom is -0.449 e. The first-order valence-electron chi connectivity index (χ1n) is 7.90. The zero-order valence-electron chi connectivity index (χ0n) is 13.3. The van der Waals surface area contributed by atoms with Crippen LogP contribution in [0.4, 0.5) is 4.79 Å². The largest absolute Gasteiger partial charge is 0.449 e. The number of nitrogens with one attached hydrogen (secondary N) is 1. The quantitative estimate of drug-likeness (QED) is 0.656. The molecule has 0 unspecified atom stereocenters. The maximum Gasteiger partial charge on any atom is 0.407 e. The van der Waals surface area contributed by atoms with Gasteiger partial charge in [-0.25, -0.2) is 4.79 Å². The van der Waals surface area contributed by atoms with E-state index in [0.29, 0.717) is 6.61 Å². The van der Waals surface area contributed by atoms with Crippen molar-refractivity contribution in [2.75, 3.05) is 6.61 Å². The van der Waals surface area contributed by atoms with Gasteiger partial charge in [-0.1, -0.05) is 62.4 Å². The Bertz CT molecular complexity index is 860. The standard InChI is InChI=1S/C20H19NO2/c1-20(2)12-23-19(22)21-18(20)17-15-9-5-3-7-13(15)11-14-8-4-6-10-16(14)17/h3-11,18H,12H2,1-2H3,(H,21,22)/t18-/m1/s1. The summed E-state index contributed by atoms with van der Waals surface area (Å²) in [4.78, 5) is 11.9. The van der Waals surface area contributed by atoms with Crippen LogP contribution in [0.1, 0.15) is 25.5 Å². The van der Waals surface area contributed by atoms with Crippen LogP contribution in [0.25, 0.3) is 21.5 Å². The van der Waals surface area contributed by atoms with Gasteiger partial charge in [0.25, 0.3) is 0 Å². The average molecular weight is 305 g/mol. The Morgan fingerprint density at radius 1 is 1.00 bits per heavy atom. The maximum absolute atomic E-state index is 11.9. The fourth-order valence-corrected chi connectivity index (χ4v) is 3.51. The van der Waals surface area contributed by atoms with Crippen molar-refractivity contribution in [3.8, 4) is 0 Å². The van der Waals surface area contributed by atoms with Gasteiger partial charge < -0.3 is 10.1 Å². The molecule has 1 atom stereocenters. The van der Waals surface area contributed by atoms with Crippen LogP contribution in [0, 0.1) is 5.41 Å². The Labute approximate surface area is 135 Å². The summed E-state index contributed by atoms with van der Waals surface area (Å²) in [5, 5.41) is 7.80. The van der Waals surface area contributed by atoms with E-state index in [4.69, 9.17) is 4.74 Å². The number of alkyl carbamates (subject to hydrolysis) is 1. The van der Waals surface area contributed by atoms with E-state index in [1.165, 1.54) is 27.1 Å². The lowest BCUT2D eigenvalue weighted by molar-refractivity contribution is 0.0395. The van der Waals surface area contributed by atoms with Crippen molar-refractivity contribution >= 4 is 27.6 Å². The topological polar surface area (TPSA) is 38.3 Å². The first kappa shape index (κ1) is 14.1. The van der Waals surface area contributed by atoms with Gasteiger partial charge in [-0.3, -0.25) is 0 Å². The molecule has 1 fully saturated rings. The van der Waals surface area contributed by atoms with Crippen LogP contribution in [0.5, 0.6) is 0 Å². The molecule has 3 aromatic rings. The van der Waals surface area contributed by atoms with Crippen LogP contribution < -0.4 is 5.32 Å². The van der Waals surface area contributed by atoms with Gasteiger partial charge in [-0.15, -0.1) is 0 Å². The zero-order valence-corrected chi connectivity index (χ0v) is 13.3. The molecule has 0 saturated carbocycles. The highest BCUT2D eigenvalue weighted by Gasteiger charge is 2.39. The highest BCUT2D eigenvalue weighted by Crippen LogP contribution is 2.42. The highest BCUT2D eigenvalue weighted by molar-refractivity contribution is 6.03. The van der Waals surface area contributed by atoms with E-state index in [1.807, 2.05) is 0 Å². The Kier molecular flexibility index (Phi) is 3.05. The summed E-state index contributed by atoms with van der Waals surface area (Å²) >= 11 is 0. The van der Waals surface area contributed by atoms with Crippen LogP contribution in [0.15, 0.2) is 54.6 Å². The first-order valence-corrected chi connectivity index (χ1v) is 7.90. The summed E-state index contributed by atoms with van der Waals surface area (Å²) in [5.74, 6) is 0. The smallest absolute Gasteiger partial charge is 0.407 e. The molecular formula is C20H19NO2. The lowest BCUT2D eigenvalue weighted by atomic mass is 9.77. The molecule has 3 aromatic carbocycles. The van der Waals surface area contributed by atoms with Crippen molar-refractivity contribution in [2.24, 2.45) is 5.41 Å². The second-order valence-electron chi connectivity index (χ2n) is 6.87. The summed E-state index contributed by atoms with van der Waals surface area (Å²) < 4.78 is 5.22. The molecule has 0 radical (unpaired) electrons. The summed E-state index contributed by atoms with van der Waals surface area (Å²) in [6, 6.07) is 18.8. The number of ether oxygens (including phenoxy) is 1. The third-order valence-corrected chi connectivity index (χ3v) is 4.72. The van der Waals surface area contributed by atoms with Gasteiger partial charge in [0.1, 0.15) is 6.61 Å². The van der Waals surface area contributed by atoms with Gasteiger partial charge in [0.15, 0.2) is 0 Å². The lowest BCUT2D eigenvalue weighted by Crippen LogP contribution is -2.47. The molecule has 0 bridgehead atoms. The van der Waals surface area contributed by atoms with Crippen LogP contribution in [0.2, 0.25) is 0 Å². The number of benzene rings is 3. The molecule has 1 aliphatic rings. The van der Waals surface area contributed by atoms with E-state index in [1.54, 1.807) is 0 Å². The minimum atomic E-state index is -0.341. The number of cyclic esters (lactones) is 1. The maximum atomic E-state index is 11.9. The molecule has 4 rings (SSSR count). The summed E-state index contributed by atoms with van der Waals surface area (Å²) in [7, 11) is 0. The monoisotopic (exact) mass is 305 g/mol. The molecule has 3 heteroatoms. The molecule has 1 N–H and O–H groups in total. The molecule has 1 aliphatic heterocycles. The summed E-state index contributed by atoms with van der Waals surface area (Å²) in [6.45, 7) is 4.68. The van der Waals surface area contributed by atoms with Crippen molar-refractivity contribution in [3.05, 3.63) is 60.2 Å². The lowest BCUT2D eigenvalue weighted by Gasteiger charge is -2.39. The van der Waals surface area contributed by atoms with Crippen molar-refractivity contribution < 1.29 is 9.53 Å². The molecular weight excluding hydrogens is 286 g/mol. The number of hydrogen-bond donors (Lipinski definition) is 1. The van der Waals surface area contributed by atoms with Crippen LogP contribution in [0.3, 0.4) is 0 Å². The van der Waals surface area contributed by atoms with Crippen LogP contribution in [-0.4, -0.2) is 12.7 Å². The molecule has 3 nitrogen and oxygen atoms in total. The molecule has 1 amide bonds. The number of hydrogen-bond acceptors (Lipinski definition) is 2. The molecule has 116 valence electrons. The summed E-state index contributed by atoms with van der Waals surface area (Å²) in [5.41, 5.74) is 1.00. The van der Waals surface area contributed by atoms with Crippen LogP contribution in [-0.2, 0) is 4.74 Å². The van der Waals surface area contributed by atoms with Gasteiger partial charge >= 0.3 is 6.09 Å². The third kappa shape index (κ3) is 2.24. The van der Waals surface area contributed by atoms with Gasteiger partial charge in [0.2, 0.25) is 0 Å². The minimum absolute atomic E-state index is 0.0836. The van der Waals surface area contributed by atoms with Gasteiger partial charge in [-0.2, -0.15) is 0 Å². The number of carbonyl (C=O) groups is 1. The molecule has 23 heavy (non-hydrogen) atoms.